The van der Waals surface area contributed by atoms with Crippen LogP contribution in [0.15, 0.2) is 12.5 Å². The predicted molar refractivity (Wildman–Crippen MR) is 64.6 cm³/mol. The average molecular weight is 247 g/mol. The van der Waals surface area contributed by atoms with Crippen LogP contribution in [0.2, 0.25) is 0 Å². The molecule has 96 valence electrons. The minimum atomic E-state index is 0.603. The Hall–Kier alpha value is -1.76. The van der Waals surface area contributed by atoms with Crippen molar-refractivity contribution < 1.29 is 0 Å². The summed E-state index contributed by atoms with van der Waals surface area (Å²) in [7, 11) is 1.92. The zero-order valence-electron chi connectivity index (χ0n) is 10.5. The lowest BCUT2D eigenvalue weighted by Gasteiger charge is -1.99. The highest BCUT2D eigenvalue weighted by Gasteiger charge is 2.20. The van der Waals surface area contributed by atoms with Gasteiger partial charge in [0.1, 0.15) is 12.9 Å². The van der Waals surface area contributed by atoms with Crippen LogP contribution in [-0.4, -0.2) is 36.3 Å². The maximum atomic E-state index is 4.14. The van der Waals surface area contributed by atoms with Gasteiger partial charge in [0, 0.05) is 13.6 Å². The number of hydrogen-bond donors (Lipinski definition) is 1. The molecule has 7 nitrogen and oxygen atoms in total. The molecule has 0 aliphatic heterocycles. The first-order valence-electron chi connectivity index (χ1n) is 6.24. The summed E-state index contributed by atoms with van der Waals surface area (Å²) in [6.45, 7) is 2.48. The molecule has 1 N–H and O–H groups in total. The third kappa shape index (κ3) is 2.73. The highest BCUT2D eigenvalue weighted by atomic mass is 15.4. The second-order valence-corrected chi connectivity index (χ2v) is 4.84. The number of nitrogens with one attached hydrogen (secondary N) is 1. The fraction of sp³-hybridized carbons (Fsp3) is 0.636. The van der Waals surface area contributed by atoms with E-state index in [-0.39, 0.29) is 0 Å². The van der Waals surface area contributed by atoms with Crippen molar-refractivity contribution in [2.24, 2.45) is 13.0 Å². The van der Waals surface area contributed by atoms with Crippen molar-refractivity contribution in [2.75, 3.05) is 6.54 Å². The Bertz CT molecular complexity index is 511. The molecule has 2 heterocycles. The van der Waals surface area contributed by atoms with E-state index in [0.717, 1.165) is 30.5 Å². The first-order valence-corrected chi connectivity index (χ1v) is 6.24. The zero-order valence-corrected chi connectivity index (χ0v) is 10.5. The van der Waals surface area contributed by atoms with Gasteiger partial charge in [-0.05, 0) is 25.3 Å². The summed E-state index contributed by atoms with van der Waals surface area (Å²) < 4.78 is 3.67. The van der Waals surface area contributed by atoms with E-state index >= 15 is 0 Å². The Kier molecular flexibility index (Phi) is 3.06. The van der Waals surface area contributed by atoms with Crippen molar-refractivity contribution in [1.29, 1.82) is 0 Å². The molecular weight excluding hydrogens is 230 g/mol. The van der Waals surface area contributed by atoms with Gasteiger partial charge in [-0.3, -0.25) is 0 Å². The third-order valence-electron chi connectivity index (χ3n) is 3.13. The number of rotatable bonds is 6. The molecule has 3 rings (SSSR count). The molecule has 0 radical (unpaired) electrons. The molecule has 18 heavy (non-hydrogen) atoms. The lowest BCUT2D eigenvalue weighted by atomic mass is 10.4. The van der Waals surface area contributed by atoms with Crippen molar-refractivity contribution in [2.45, 2.75) is 25.9 Å². The first kappa shape index (κ1) is 11.3. The molecular formula is C11H17N7. The topological polar surface area (TPSA) is 73.5 Å². The predicted octanol–water partition coefficient (Wildman–Crippen LogP) is -0.0455. The average Bonchev–Trinajstić information content (AvgIpc) is 2.93. The van der Waals surface area contributed by atoms with Crippen LogP contribution in [-0.2, 0) is 20.1 Å². The van der Waals surface area contributed by atoms with Crippen molar-refractivity contribution >= 4 is 0 Å². The molecule has 7 heteroatoms. The smallest absolute Gasteiger partial charge is 0.154 e. The molecule has 0 bridgehead atoms. The summed E-state index contributed by atoms with van der Waals surface area (Å²) in [4.78, 5) is 0. The maximum Gasteiger partial charge on any atom is 0.154 e. The normalized spacial score (nSPS) is 15.2. The molecule has 0 saturated heterocycles. The largest absolute Gasteiger partial charge is 0.319 e. The summed E-state index contributed by atoms with van der Waals surface area (Å²) in [5.41, 5.74) is 0.970. The van der Waals surface area contributed by atoms with Gasteiger partial charge in [0.2, 0.25) is 0 Å². The monoisotopic (exact) mass is 247 g/mol. The van der Waals surface area contributed by atoms with Gasteiger partial charge in [-0.1, -0.05) is 5.21 Å². The summed E-state index contributed by atoms with van der Waals surface area (Å²) in [6, 6.07) is 0. The van der Waals surface area contributed by atoms with Crippen molar-refractivity contribution in [1.82, 2.24) is 35.1 Å². The Balaban J connectivity index is 1.53. The standard InChI is InChI=1S/C11H17N7/c1-17-8-13-15-11(17)7-18-6-10(14-16-18)5-12-4-9-2-3-9/h6,8-9,12H,2-5,7H2,1H3. The molecule has 1 aliphatic rings. The molecule has 1 saturated carbocycles. The van der Waals surface area contributed by atoms with Crippen LogP contribution < -0.4 is 5.32 Å². The van der Waals surface area contributed by atoms with E-state index < -0.39 is 0 Å². The van der Waals surface area contributed by atoms with Crippen molar-refractivity contribution in [3.63, 3.8) is 0 Å². The maximum absolute atomic E-state index is 4.14. The molecule has 2 aromatic rings. The van der Waals surface area contributed by atoms with E-state index in [2.05, 4.69) is 25.8 Å². The zero-order chi connectivity index (χ0) is 12.4. The van der Waals surface area contributed by atoms with E-state index in [1.54, 1.807) is 11.0 Å². The van der Waals surface area contributed by atoms with Crippen molar-refractivity contribution in [3.8, 4) is 0 Å². The summed E-state index contributed by atoms with van der Waals surface area (Å²) in [5.74, 6) is 1.76. The lowest BCUT2D eigenvalue weighted by molar-refractivity contribution is 0.604. The Morgan fingerprint density at radius 1 is 1.39 bits per heavy atom. The van der Waals surface area contributed by atoms with E-state index in [1.807, 2.05) is 17.8 Å². The molecule has 2 aromatic heterocycles. The number of aromatic nitrogens is 6. The molecule has 0 amide bonds. The minimum Gasteiger partial charge on any atom is -0.319 e. The number of nitrogens with zero attached hydrogens (tertiary/aromatic N) is 6. The van der Waals surface area contributed by atoms with Gasteiger partial charge in [-0.15, -0.1) is 15.3 Å². The van der Waals surface area contributed by atoms with Crippen molar-refractivity contribution in [3.05, 3.63) is 24.0 Å². The first-order chi connectivity index (χ1) is 8.81. The Morgan fingerprint density at radius 3 is 3.00 bits per heavy atom. The minimum absolute atomic E-state index is 0.603. The van der Waals surface area contributed by atoms with Crippen LogP contribution in [0.25, 0.3) is 0 Å². The molecule has 0 atom stereocenters. The van der Waals surface area contributed by atoms with Crippen LogP contribution in [0.1, 0.15) is 24.4 Å². The second kappa shape index (κ2) is 4.85. The van der Waals surface area contributed by atoms with Gasteiger partial charge < -0.3 is 9.88 Å². The van der Waals surface area contributed by atoms with Gasteiger partial charge in [0.25, 0.3) is 0 Å². The van der Waals surface area contributed by atoms with Gasteiger partial charge in [-0.2, -0.15) is 0 Å². The second-order valence-electron chi connectivity index (χ2n) is 4.84. The van der Waals surface area contributed by atoms with Gasteiger partial charge in [0.15, 0.2) is 5.82 Å². The van der Waals surface area contributed by atoms with E-state index in [4.69, 9.17) is 0 Å². The van der Waals surface area contributed by atoms with E-state index in [1.165, 1.54) is 12.8 Å². The van der Waals surface area contributed by atoms with E-state index in [9.17, 15) is 0 Å². The lowest BCUT2D eigenvalue weighted by Crippen LogP contribution is -2.16. The summed E-state index contributed by atoms with van der Waals surface area (Å²) in [5, 5.41) is 19.5. The van der Waals surface area contributed by atoms with Gasteiger partial charge in [-0.25, -0.2) is 4.68 Å². The Labute approximate surface area is 105 Å². The molecule has 0 spiro atoms. The molecule has 1 fully saturated rings. The molecule has 0 aromatic carbocycles. The molecule has 1 aliphatic carbocycles. The van der Waals surface area contributed by atoms with E-state index in [0.29, 0.717) is 6.54 Å². The quantitative estimate of drug-likeness (QED) is 0.775. The highest BCUT2D eigenvalue weighted by Crippen LogP contribution is 2.27. The number of hydrogen-bond acceptors (Lipinski definition) is 5. The summed E-state index contributed by atoms with van der Waals surface area (Å²) >= 11 is 0. The fourth-order valence-electron chi connectivity index (χ4n) is 1.82. The SMILES string of the molecule is Cn1cnnc1Cn1cc(CNCC2CC2)nn1. The Morgan fingerprint density at radius 2 is 2.28 bits per heavy atom. The van der Waals surface area contributed by atoms with Crippen LogP contribution >= 0.6 is 0 Å². The van der Waals surface area contributed by atoms with Crippen LogP contribution in [0, 0.1) is 5.92 Å². The van der Waals surface area contributed by atoms with Crippen LogP contribution in [0.5, 0.6) is 0 Å². The molecule has 0 unspecified atom stereocenters. The number of aryl methyl sites for hydroxylation is 1. The van der Waals surface area contributed by atoms with Crippen LogP contribution in [0.4, 0.5) is 0 Å². The highest BCUT2D eigenvalue weighted by molar-refractivity contribution is 4.94. The van der Waals surface area contributed by atoms with Gasteiger partial charge in [0.05, 0.1) is 11.9 Å². The summed E-state index contributed by atoms with van der Waals surface area (Å²) in [6.07, 6.45) is 6.37. The fourth-order valence-corrected chi connectivity index (χ4v) is 1.82. The van der Waals surface area contributed by atoms with Gasteiger partial charge >= 0.3 is 0 Å². The van der Waals surface area contributed by atoms with Crippen LogP contribution in [0.3, 0.4) is 0 Å². The third-order valence-corrected chi connectivity index (χ3v) is 3.13.